The van der Waals surface area contributed by atoms with Crippen LogP contribution in [0.5, 0.6) is 5.75 Å². The Bertz CT molecular complexity index is 997. The third kappa shape index (κ3) is 3.39. The molecule has 1 aliphatic rings. The van der Waals surface area contributed by atoms with E-state index < -0.39 is 6.04 Å². The van der Waals surface area contributed by atoms with Gasteiger partial charge in [-0.25, -0.2) is 4.98 Å². The summed E-state index contributed by atoms with van der Waals surface area (Å²) in [4.78, 5) is 28.7. The topological polar surface area (TPSA) is 85.2 Å². The summed E-state index contributed by atoms with van der Waals surface area (Å²) < 4.78 is 7.28. The van der Waals surface area contributed by atoms with Gasteiger partial charge in [0.25, 0.3) is 11.8 Å². The van der Waals surface area contributed by atoms with Gasteiger partial charge < -0.3 is 19.9 Å². The molecule has 0 unspecified atom stereocenters. The molecule has 7 heteroatoms. The van der Waals surface area contributed by atoms with Crippen molar-refractivity contribution in [2.75, 3.05) is 11.9 Å². The summed E-state index contributed by atoms with van der Waals surface area (Å²) >= 11 is 0. The molecule has 27 heavy (non-hydrogen) atoms. The molecule has 1 atom stereocenters. The second-order valence-corrected chi connectivity index (χ2v) is 6.26. The summed E-state index contributed by atoms with van der Waals surface area (Å²) in [5, 5.41) is 5.76. The number of ether oxygens (including phenoxy) is 1. The molecule has 4 rings (SSSR count). The number of anilines is 1. The van der Waals surface area contributed by atoms with Crippen LogP contribution < -0.4 is 15.4 Å². The van der Waals surface area contributed by atoms with Crippen molar-refractivity contribution < 1.29 is 14.3 Å². The molecule has 1 aliphatic heterocycles. The quantitative estimate of drug-likeness (QED) is 0.746. The summed E-state index contributed by atoms with van der Waals surface area (Å²) in [5.41, 5.74) is 1.94. The number of carbonyl (C=O) groups excluding carboxylic acids is 2. The van der Waals surface area contributed by atoms with Gasteiger partial charge in [-0.15, -0.1) is 0 Å². The molecule has 2 heterocycles. The second-order valence-electron chi connectivity index (χ2n) is 6.26. The molecule has 136 valence electrons. The maximum atomic E-state index is 12.9. The lowest BCUT2D eigenvalue weighted by Crippen LogP contribution is -2.31. The van der Waals surface area contributed by atoms with Gasteiger partial charge in [0.15, 0.2) is 6.61 Å². The largest absolute Gasteiger partial charge is 0.482 e. The van der Waals surface area contributed by atoms with Gasteiger partial charge in [-0.1, -0.05) is 30.3 Å². The predicted octanol–water partition coefficient (Wildman–Crippen LogP) is 2.27. The third-order valence-corrected chi connectivity index (χ3v) is 4.40. The average Bonchev–Trinajstić information content (AvgIpc) is 3.11. The van der Waals surface area contributed by atoms with Crippen LogP contribution in [0.25, 0.3) is 0 Å². The minimum absolute atomic E-state index is 0.0576. The van der Waals surface area contributed by atoms with Crippen molar-refractivity contribution in [1.82, 2.24) is 14.9 Å². The fourth-order valence-electron chi connectivity index (χ4n) is 3.03. The Kier molecular flexibility index (Phi) is 4.33. The van der Waals surface area contributed by atoms with Crippen LogP contribution in [0.3, 0.4) is 0 Å². The van der Waals surface area contributed by atoms with Gasteiger partial charge in [-0.05, 0) is 23.8 Å². The summed E-state index contributed by atoms with van der Waals surface area (Å²) in [6.45, 7) is -0.0576. The van der Waals surface area contributed by atoms with Crippen LogP contribution >= 0.6 is 0 Å². The first-order chi connectivity index (χ1) is 13.1. The van der Waals surface area contributed by atoms with Crippen molar-refractivity contribution in [1.29, 1.82) is 0 Å². The molecular formula is C20H18N4O3. The third-order valence-electron chi connectivity index (χ3n) is 4.40. The van der Waals surface area contributed by atoms with Crippen molar-refractivity contribution in [2.45, 2.75) is 6.04 Å². The highest BCUT2D eigenvalue weighted by Gasteiger charge is 2.23. The Morgan fingerprint density at radius 3 is 2.81 bits per heavy atom. The zero-order chi connectivity index (χ0) is 18.8. The monoisotopic (exact) mass is 362 g/mol. The number of aromatic nitrogens is 2. The molecular weight excluding hydrogens is 344 g/mol. The highest BCUT2D eigenvalue weighted by atomic mass is 16.5. The van der Waals surface area contributed by atoms with Gasteiger partial charge in [-0.2, -0.15) is 0 Å². The lowest BCUT2D eigenvalue weighted by molar-refractivity contribution is -0.118. The molecule has 2 amide bonds. The Morgan fingerprint density at radius 1 is 1.26 bits per heavy atom. The Morgan fingerprint density at radius 2 is 2.07 bits per heavy atom. The summed E-state index contributed by atoms with van der Waals surface area (Å²) in [5.74, 6) is 0.750. The van der Waals surface area contributed by atoms with Crippen molar-refractivity contribution in [2.24, 2.45) is 7.05 Å². The van der Waals surface area contributed by atoms with E-state index in [1.54, 1.807) is 24.4 Å². The van der Waals surface area contributed by atoms with Gasteiger partial charge in [0.05, 0.1) is 5.69 Å². The minimum Gasteiger partial charge on any atom is -0.482 e. The molecule has 0 radical (unpaired) electrons. The molecule has 0 bridgehead atoms. The number of nitrogens with zero attached hydrogens (tertiary/aromatic N) is 2. The molecule has 0 spiro atoms. The van der Waals surface area contributed by atoms with E-state index in [0.29, 0.717) is 17.0 Å². The molecule has 0 saturated carbocycles. The van der Waals surface area contributed by atoms with Gasteiger partial charge in [0.1, 0.15) is 17.6 Å². The second kappa shape index (κ2) is 6.95. The van der Waals surface area contributed by atoms with E-state index in [-0.39, 0.29) is 18.4 Å². The van der Waals surface area contributed by atoms with Gasteiger partial charge >= 0.3 is 0 Å². The Hall–Kier alpha value is -3.61. The van der Waals surface area contributed by atoms with Crippen LogP contribution in [-0.4, -0.2) is 28.0 Å². The Labute approximate surface area is 156 Å². The number of benzene rings is 2. The molecule has 0 aliphatic carbocycles. The maximum Gasteiger partial charge on any atom is 0.262 e. The van der Waals surface area contributed by atoms with E-state index >= 15 is 0 Å². The van der Waals surface area contributed by atoms with Crippen molar-refractivity contribution in [3.63, 3.8) is 0 Å². The van der Waals surface area contributed by atoms with Gasteiger partial charge in [0.2, 0.25) is 0 Å². The maximum absolute atomic E-state index is 12.9. The van der Waals surface area contributed by atoms with Crippen LogP contribution in [0.4, 0.5) is 5.69 Å². The number of rotatable bonds is 4. The summed E-state index contributed by atoms with van der Waals surface area (Å²) in [7, 11) is 1.89. The average molecular weight is 362 g/mol. The van der Waals surface area contributed by atoms with E-state index in [0.717, 1.165) is 11.4 Å². The van der Waals surface area contributed by atoms with Crippen LogP contribution in [-0.2, 0) is 11.8 Å². The smallest absolute Gasteiger partial charge is 0.262 e. The number of carbonyl (C=O) groups is 2. The molecule has 3 aromatic rings. The molecule has 0 fully saturated rings. The highest BCUT2D eigenvalue weighted by molar-refractivity contribution is 5.99. The van der Waals surface area contributed by atoms with Crippen LogP contribution in [0, 0.1) is 0 Å². The lowest BCUT2D eigenvalue weighted by atomic mass is 10.0. The van der Waals surface area contributed by atoms with Gasteiger partial charge in [0, 0.05) is 25.0 Å². The van der Waals surface area contributed by atoms with E-state index in [2.05, 4.69) is 15.6 Å². The first-order valence-electron chi connectivity index (χ1n) is 8.51. The van der Waals surface area contributed by atoms with Crippen LogP contribution in [0.15, 0.2) is 60.9 Å². The van der Waals surface area contributed by atoms with E-state index in [4.69, 9.17) is 4.74 Å². The molecule has 0 saturated heterocycles. The first-order valence-corrected chi connectivity index (χ1v) is 8.51. The fraction of sp³-hybridized carbons (Fsp3) is 0.150. The standard InChI is InChI=1S/C20H18N4O3/c1-24-10-9-21-19(24)18(13-5-3-2-4-6-13)23-20(26)14-7-8-15-16(11-14)27-12-17(25)22-15/h2-11,18H,12H2,1H3,(H,22,25)(H,23,26)/t18-/m0/s1. The van der Waals surface area contributed by atoms with Gasteiger partial charge in [-0.3, -0.25) is 9.59 Å². The zero-order valence-electron chi connectivity index (χ0n) is 14.7. The SMILES string of the molecule is Cn1ccnc1[C@@H](NC(=O)c1ccc2c(c1)OCC(=O)N2)c1ccccc1. The lowest BCUT2D eigenvalue weighted by Gasteiger charge is -2.21. The number of nitrogens with one attached hydrogen (secondary N) is 2. The number of amides is 2. The number of hydrogen-bond acceptors (Lipinski definition) is 4. The summed E-state index contributed by atoms with van der Waals surface area (Å²) in [6, 6.07) is 14.2. The normalized spacial score (nSPS) is 13.9. The zero-order valence-corrected chi connectivity index (χ0v) is 14.7. The highest BCUT2D eigenvalue weighted by Crippen LogP contribution is 2.29. The number of hydrogen-bond donors (Lipinski definition) is 2. The van der Waals surface area contributed by atoms with Crippen LogP contribution in [0.2, 0.25) is 0 Å². The molecule has 2 aromatic carbocycles. The Balaban J connectivity index is 1.63. The van der Waals surface area contributed by atoms with Crippen molar-refractivity contribution >= 4 is 17.5 Å². The number of aryl methyl sites for hydroxylation is 1. The summed E-state index contributed by atoms with van der Waals surface area (Å²) in [6.07, 6.45) is 3.54. The number of fused-ring (bicyclic) bond motifs is 1. The molecule has 2 N–H and O–H groups in total. The fourth-order valence-corrected chi connectivity index (χ4v) is 3.03. The molecule has 7 nitrogen and oxygen atoms in total. The minimum atomic E-state index is -0.393. The predicted molar refractivity (Wildman–Crippen MR) is 99.5 cm³/mol. The van der Waals surface area contributed by atoms with E-state index in [1.807, 2.05) is 48.1 Å². The van der Waals surface area contributed by atoms with Crippen molar-refractivity contribution in [3.8, 4) is 5.75 Å². The van der Waals surface area contributed by atoms with E-state index in [1.165, 1.54) is 0 Å². The molecule has 1 aromatic heterocycles. The van der Waals surface area contributed by atoms with E-state index in [9.17, 15) is 9.59 Å². The van der Waals surface area contributed by atoms with Crippen LogP contribution in [0.1, 0.15) is 27.8 Å². The van der Waals surface area contributed by atoms with Crippen molar-refractivity contribution in [3.05, 3.63) is 77.9 Å². The number of imidazole rings is 1. The first kappa shape index (κ1) is 16.8.